The van der Waals surface area contributed by atoms with E-state index in [1.807, 2.05) is 12.1 Å². The average Bonchev–Trinajstić information content (AvgIpc) is 3.04. The summed E-state index contributed by atoms with van der Waals surface area (Å²) in [6.45, 7) is 5.10. The van der Waals surface area contributed by atoms with Crippen LogP contribution in [0.5, 0.6) is 11.5 Å². The van der Waals surface area contributed by atoms with Crippen LogP contribution in [0.15, 0.2) is 42.5 Å². The molecule has 0 spiro atoms. The summed E-state index contributed by atoms with van der Waals surface area (Å²) in [6, 6.07) is 12.2. The van der Waals surface area contributed by atoms with Crippen LogP contribution in [0.3, 0.4) is 0 Å². The molecule has 1 heterocycles. The number of urea groups is 1. The first-order valence-corrected chi connectivity index (χ1v) is 10.3. The van der Waals surface area contributed by atoms with Gasteiger partial charge < -0.3 is 19.3 Å². The summed E-state index contributed by atoms with van der Waals surface area (Å²) in [4.78, 5) is 29.4. The van der Waals surface area contributed by atoms with Crippen LogP contribution in [0.2, 0.25) is 5.02 Å². The Morgan fingerprint density at radius 2 is 1.93 bits per heavy atom. The highest BCUT2D eigenvalue weighted by molar-refractivity contribution is 6.31. The zero-order valence-electron chi connectivity index (χ0n) is 17.7. The minimum absolute atomic E-state index is 0.0261. The molecule has 0 N–H and O–H groups in total. The maximum Gasteiger partial charge on any atom is 0.321 e. The molecule has 0 aliphatic carbocycles. The average molecular weight is 431 g/mol. The fourth-order valence-electron chi connectivity index (χ4n) is 3.71. The SMILES string of the molecule is COc1ccc(CN2C[C@H](C(C)C)N(CC(=O)c3cccc(Cl)c3)C2=O)c(OC)c1. The normalized spacial score (nSPS) is 16.3. The first kappa shape index (κ1) is 22.0. The fourth-order valence-corrected chi connectivity index (χ4v) is 3.90. The Labute approximate surface area is 182 Å². The second-order valence-corrected chi connectivity index (χ2v) is 8.15. The van der Waals surface area contributed by atoms with Gasteiger partial charge in [-0.3, -0.25) is 4.79 Å². The van der Waals surface area contributed by atoms with Crippen LogP contribution >= 0.6 is 11.6 Å². The number of ether oxygens (including phenoxy) is 2. The highest BCUT2D eigenvalue weighted by atomic mass is 35.5. The highest BCUT2D eigenvalue weighted by Gasteiger charge is 2.39. The quantitative estimate of drug-likeness (QED) is 0.578. The van der Waals surface area contributed by atoms with E-state index in [0.717, 1.165) is 5.56 Å². The van der Waals surface area contributed by atoms with Gasteiger partial charge in [0, 0.05) is 28.8 Å². The Kier molecular flexibility index (Phi) is 6.87. The second kappa shape index (κ2) is 9.39. The van der Waals surface area contributed by atoms with Crippen molar-refractivity contribution >= 4 is 23.4 Å². The molecule has 2 aromatic rings. The van der Waals surface area contributed by atoms with Crippen molar-refractivity contribution in [1.82, 2.24) is 9.80 Å². The van der Waals surface area contributed by atoms with E-state index >= 15 is 0 Å². The number of nitrogens with zero attached hydrogens (tertiary/aromatic N) is 2. The van der Waals surface area contributed by atoms with Gasteiger partial charge in [0.1, 0.15) is 11.5 Å². The molecule has 3 rings (SSSR count). The van der Waals surface area contributed by atoms with Crippen molar-refractivity contribution in [3.63, 3.8) is 0 Å². The van der Waals surface area contributed by atoms with Gasteiger partial charge in [0.2, 0.25) is 0 Å². The monoisotopic (exact) mass is 430 g/mol. The van der Waals surface area contributed by atoms with Crippen molar-refractivity contribution in [3.8, 4) is 11.5 Å². The van der Waals surface area contributed by atoms with Gasteiger partial charge in [-0.25, -0.2) is 4.79 Å². The van der Waals surface area contributed by atoms with E-state index in [9.17, 15) is 9.59 Å². The number of hydrogen-bond donors (Lipinski definition) is 0. The van der Waals surface area contributed by atoms with Crippen molar-refractivity contribution < 1.29 is 19.1 Å². The number of rotatable bonds is 8. The van der Waals surface area contributed by atoms with E-state index in [0.29, 0.717) is 35.2 Å². The molecule has 2 aromatic carbocycles. The molecule has 1 aliphatic rings. The molecule has 0 unspecified atom stereocenters. The predicted molar refractivity (Wildman–Crippen MR) is 116 cm³/mol. The van der Waals surface area contributed by atoms with Gasteiger partial charge in [0.15, 0.2) is 5.78 Å². The standard InChI is InChI=1S/C23H27ClN2O4/c1-15(2)20-13-25(12-17-8-9-19(29-3)11-22(17)30-4)23(28)26(20)14-21(27)16-6-5-7-18(24)10-16/h5-11,15,20H,12-14H2,1-4H3/t20-/m1/s1. The second-order valence-electron chi connectivity index (χ2n) is 7.71. The Morgan fingerprint density at radius 3 is 2.57 bits per heavy atom. The van der Waals surface area contributed by atoms with Crippen LogP contribution in [0.1, 0.15) is 29.8 Å². The number of halogens is 1. The smallest absolute Gasteiger partial charge is 0.321 e. The van der Waals surface area contributed by atoms with Crippen molar-refractivity contribution in [1.29, 1.82) is 0 Å². The van der Waals surface area contributed by atoms with Crippen LogP contribution in [-0.2, 0) is 6.54 Å². The van der Waals surface area contributed by atoms with Gasteiger partial charge in [0.25, 0.3) is 0 Å². The third kappa shape index (κ3) is 4.70. The van der Waals surface area contributed by atoms with Crippen LogP contribution in [0, 0.1) is 5.92 Å². The number of amides is 2. The number of carbonyl (C=O) groups is 2. The summed E-state index contributed by atoms with van der Waals surface area (Å²) < 4.78 is 10.7. The maximum atomic E-state index is 13.2. The van der Waals surface area contributed by atoms with Crippen molar-refractivity contribution in [2.45, 2.75) is 26.4 Å². The molecule has 0 bridgehead atoms. The number of methoxy groups -OCH3 is 2. The lowest BCUT2D eigenvalue weighted by Crippen LogP contribution is -2.41. The van der Waals surface area contributed by atoms with E-state index in [4.69, 9.17) is 21.1 Å². The topological polar surface area (TPSA) is 59.1 Å². The molecule has 0 radical (unpaired) electrons. The summed E-state index contributed by atoms with van der Waals surface area (Å²) >= 11 is 6.02. The first-order valence-electron chi connectivity index (χ1n) is 9.89. The van der Waals surface area contributed by atoms with Crippen molar-refractivity contribution in [2.75, 3.05) is 27.3 Å². The number of hydrogen-bond acceptors (Lipinski definition) is 4. The Morgan fingerprint density at radius 1 is 1.17 bits per heavy atom. The molecule has 1 fully saturated rings. The molecule has 2 amide bonds. The highest BCUT2D eigenvalue weighted by Crippen LogP contribution is 2.29. The van der Waals surface area contributed by atoms with E-state index < -0.39 is 0 Å². The van der Waals surface area contributed by atoms with Crippen molar-refractivity contribution in [3.05, 3.63) is 58.6 Å². The molecule has 0 saturated carbocycles. The van der Waals surface area contributed by atoms with Gasteiger partial charge >= 0.3 is 6.03 Å². The first-order chi connectivity index (χ1) is 14.3. The molecule has 30 heavy (non-hydrogen) atoms. The summed E-state index contributed by atoms with van der Waals surface area (Å²) in [7, 11) is 3.19. The van der Waals surface area contributed by atoms with Crippen LogP contribution in [0.4, 0.5) is 4.79 Å². The van der Waals surface area contributed by atoms with E-state index in [-0.39, 0.29) is 30.3 Å². The molecule has 7 heteroatoms. The number of Topliss-reactive ketones (excluding diaryl/α,β-unsaturated/α-hetero) is 1. The number of benzene rings is 2. The zero-order valence-corrected chi connectivity index (χ0v) is 18.5. The molecular weight excluding hydrogens is 404 g/mol. The molecule has 6 nitrogen and oxygen atoms in total. The lowest BCUT2D eigenvalue weighted by atomic mass is 10.0. The molecule has 1 atom stereocenters. The number of carbonyl (C=O) groups excluding carboxylic acids is 2. The summed E-state index contributed by atoms with van der Waals surface area (Å²) in [5, 5.41) is 0.502. The van der Waals surface area contributed by atoms with Gasteiger partial charge in [-0.15, -0.1) is 0 Å². The van der Waals surface area contributed by atoms with Gasteiger partial charge in [-0.2, -0.15) is 0 Å². The third-order valence-electron chi connectivity index (χ3n) is 5.41. The minimum Gasteiger partial charge on any atom is -0.497 e. The van der Waals surface area contributed by atoms with E-state index in [1.54, 1.807) is 54.4 Å². The van der Waals surface area contributed by atoms with E-state index in [1.165, 1.54) is 0 Å². The molecule has 1 saturated heterocycles. The third-order valence-corrected chi connectivity index (χ3v) is 5.64. The number of ketones is 1. The van der Waals surface area contributed by atoms with Crippen LogP contribution in [0.25, 0.3) is 0 Å². The van der Waals surface area contributed by atoms with Gasteiger partial charge in [-0.1, -0.05) is 37.6 Å². The van der Waals surface area contributed by atoms with E-state index in [2.05, 4.69) is 13.8 Å². The summed E-state index contributed by atoms with van der Waals surface area (Å²) in [5.74, 6) is 1.44. The lowest BCUT2D eigenvalue weighted by Gasteiger charge is -2.25. The largest absolute Gasteiger partial charge is 0.497 e. The van der Waals surface area contributed by atoms with Gasteiger partial charge in [-0.05, 0) is 30.2 Å². The molecule has 160 valence electrons. The molecular formula is C23H27ClN2O4. The Hall–Kier alpha value is -2.73. The maximum absolute atomic E-state index is 13.2. The molecule has 0 aromatic heterocycles. The van der Waals surface area contributed by atoms with Crippen LogP contribution in [-0.4, -0.2) is 55.0 Å². The van der Waals surface area contributed by atoms with Crippen LogP contribution < -0.4 is 9.47 Å². The minimum atomic E-state index is -0.151. The zero-order chi connectivity index (χ0) is 21.8. The fraction of sp³-hybridized carbons (Fsp3) is 0.391. The lowest BCUT2D eigenvalue weighted by molar-refractivity contribution is 0.0924. The molecule has 1 aliphatic heterocycles. The van der Waals surface area contributed by atoms with Gasteiger partial charge in [0.05, 0.1) is 33.4 Å². The Bertz CT molecular complexity index is 931. The van der Waals surface area contributed by atoms with Crippen molar-refractivity contribution in [2.24, 2.45) is 5.92 Å². The predicted octanol–water partition coefficient (Wildman–Crippen LogP) is 4.50. The summed E-state index contributed by atoms with van der Waals surface area (Å²) in [6.07, 6.45) is 0. The summed E-state index contributed by atoms with van der Waals surface area (Å²) in [5.41, 5.74) is 1.39. The Balaban J connectivity index is 1.79.